The van der Waals surface area contributed by atoms with E-state index in [-0.39, 0.29) is 0 Å². The lowest BCUT2D eigenvalue weighted by molar-refractivity contribution is 0.607. The fourth-order valence-electron chi connectivity index (χ4n) is 2.51. The van der Waals surface area contributed by atoms with Crippen LogP contribution in [0.2, 0.25) is 0 Å². The van der Waals surface area contributed by atoms with Gasteiger partial charge in [0.1, 0.15) is 11.3 Å². The van der Waals surface area contributed by atoms with Crippen molar-refractivity contribution in [2.24, 2.45) is 0 Å². The third-order valence-electron chi connectivity index (χ3n) is 3.79. The number of sulfonamides is 1. The SMILES string of the molecule is CCNC(=S)Nc1cnc2ccc(Nc3ccc(C)c(NS(C)(=O)=O)c3)nc2n1. The van der Waals surface area contributed by atoms with Gasteiger partial charge in [-0.05, 0) is 55.9 Å². The monoisotopic (exact) mass is 431 g/mol. The van der Waals surface area contributed by atoms with Crippen molar-refractivity contribution >= 4 is 61.5 Å². The fraction of sp³-hybridized carbons (Fsp3) is 0.222. The summed E-state index contributed by atoms with van der Waals surface area (Å²) in [5, 5.41) is 9.56. The zero-order valence-electron chi connectivity index (χ0n) is 16.1. The van der Waals surface area contributed by atoms with Gasteiger partial charge in [-0.2, -0.15) is 0 Å². The molecule has 11 heteroatoms. The Bertz CT molecular complexity index is 1170. The second-order valence-electron chi connectivity index (χ2n) is 6.31. The van der Waals surface area contributed by atoms with Crippen LogP contribution in [0.15, 0.2) is 36.5 Å². The zero-order valence-corrected chi connectivity index (χ0v) is 17.8. The quantitative estimate of drug-likeness (QED) is 0.437. The highest BCUT2D eigenvalue weighted by Crippen LogP contribution is 2.24. The fourth-order valence-corrected chi connectivity index (χ4v) is 3.37. The van der Waals surface area contributed by atoms with Gasteiger partial charge < -0.3 is 16.0 Å². The molecule has 0 unspecified atom stereocenters. The second-order valence-corrected chi connectivity index (χ2v) is 8.46. The summed E-state index contributed by atoms with van der Waals surface area (Å²) in [6.07, 6.45) is 2.70. The molecule has 29 heavy (non-hydrogen) atoms. The van der Waals surface area contributed by atoms with Crippen LogP contribution >= 0.6 is 12.2 Å². The Labute approximate surface area is 174 Å². The van der Waals surface area contributed by atoms with Crippen molar-refractivity contribution in [2.45, 2.75) is 13.8 Å². The van der Waals surface area contributed by atoms with E-state index in [2.05, 4.69) is 35.6 Å². The number of rotatable bonds is 6. The van der Waals surface area contributed by atoms with E-state index >= 15 is 0 Å². The summed E-state index contributed by atoms with van der Waals surface area (Å²) in [7, 11) is -3.37. The average Bonchev–Trinajstić information content (AvgIpc) is 2.63. The van der Waals surface area contributed by atoms with E-state index in [1.54, 1.807) is 24.4 Å². The predicted octanol–water partition coefficient (Wildman–Crippen LogP) is 2.75. The molecular weight excluding hydrogens is 410 g/mol. The minimum Gasteiger partial charge on any atom is -0.363 e. The number of aromatic nitrogens is 3. The lowest BCUT2D eigenvalue weighted by atomic mass is 10.2. The van der Waals surface area contributed by atoms with Gasteiger partial charge in [0.05, 0.1) is 18.1 Å². The minimum atomic E-state index is -3.37. The van der Waals surface area contributed by atoms with Crippen LogP contribution in [0.1, 0.15) is 12.5 Å². The number of pyridine rings is 1. The molecule has 0 aliphatic carbocycles. The molecule has 4 N–H and O–H groups in total. The average molecular weight is 432 g/mol. The van der Waals surface area contributed by atoms with Crippen molar-refractivity contribution in [3.63, 3.8) is 0 Å². The van der Waals surface area contributed by atoms with Crippen LogP contribution in [0.3, 0.4) is 0 Å². The zero-order chi connectivity index (χ0) is 21.0. The lowest BCUT2D eigenvalue weighted by Gasteiger charge is -2.12. The number of nitrogens with zero attached hydrogens (tertiary/aromatic N) is 3. The molecule has 9 nitrogen and oxygen atoms in total. The van der Waals surface area contributed by atoms with Crippen LogP contribution in [-0.2, 0) is 10.0 Å². The molecular formula is C18H21N7O2S2. The van der Waals surface area contributed by atoms with Crippen LogP contribution in [0, 0.1) is 6.92 Å². The summed E-state index contributed by atoms with van der Waals surface area (Å²) >= 11 is 5.16. The van der Waals surface area contributed by atoms with Gasteiger partial charge in [-0.1, -0.05) is 6.07 Å². The molecule has 3 aromatic rings. The van der Waals surface area contributed by atoms with Crippen LogP contribution in [0.4, 0.5) is 23.0 Å². The van der Waals surface area contributed by atoms with Crippen molar-refractivity contribution in [2.75, 3.05) is 28.2 Å². The van der Waals surface area contributed by atoms with Crippen LogP contribution in [-0.4, -0.2) is 41.3 Å². The number of hydrogen-bond acceptors (Lipinski definition) is 7. The van der Waals surface area contributed by atoms with E-state index in [4.69, 9.17) is 12.2 Å². The van der Waals surface area contributed by atoms with E-state index in [1.807, 2.05) is 26.0 Å². The number of nitrogens with one attached hydrogen (secondary N) is 4. The van der Waals surface area contributed by atoms with Gasteiger partial charge in [-0.15, -0.1) is 0 Å². The molecule has 2 aromatic heterocycles. The lowest BCUT2D eigenvalue weighted by Crippen LogP contribution is -2.28. The summed E-state index contributed by atoms with van der Waals surface area (Å²) in [5.74, 6) is 1.04. The maximum Gasteiger partial charge on any atom is 0.229 e. The molecule has 152 valence electrons. The second kappa shape index (κ2) is 8.53. The highest BCUT2D eigenvalue weighted by Gasteiger charge is 2.08. The largest absolute Gasteiger partial charge is 0.363 e. The number of anilines is 4. The van der Waals surface area contributed by atoms with Crippen LogP contribution < -0.4 is 20.7 Å². The summed E-state index contributed by atoms with van der Waals surface area (Å²) in [4.78, 5) is 13.2. The first-order valence-electron chi connectivity index (χ1n) is 8.77. The van der Waals surface area contributed by atoms with E-state index in [0.717, 1.165) is 11.8 Å². The van der Waals surface area contributed by atoms with Gasteiger partial charge in [0, 0.05) is 12.2 Å². The van der Waals surface area contributed by atoms with E-state index in [1.165, 1.54) is 0 Å². The molecule has 0 saturated carbocycles. The highest BCUT2D eigenvalue weighted by molar-refractivity contribution is 7.92. The molecule has 0 amide bonds. The van der Waals surface area contributed by atoms with Gasteiger partial charge in [0.25, 0.3) is 0 Å². The number of hydrogen-bond donors (Lipinski definition) is 4. The van der Waals surface area contributed by atoms with Crippen molar-refractivity contribution in [1.29, 1.82) is 0 Å². The molecule has 0 fully saturated rings. The van der Waals surface area contributed by atoms with Gasteiger partial charge in [0.15, 0.2) is 16.6 Å². The maximum absolute atomic E-state index is 11.5. The molecule has 2 heterocycles. The Morgan fingerprint density at radius 1 is 1.14 bits per heavy atom. The van der Waals surface area contributed by atoms with Crippen molar-refractivity contribution in [1.82, 2.24) is 20.3 Å². The number of benzene rings is 1. The summed E-state index contributed by atoms with van der Waals surface area (Å²) < 4.78 is 25.6. The molecule has 0 radical (unpaired) electrons. The summed E-state index contributed by atoms with van der Waals surface area (Å²) in [6, 6.07) is 8.94. The maximum atomic E-state index is 11.5. The van der Waals surface area contributed by atoms with Gasteiger partial charge in [-0.25, -0.2) is 23.4 Å². The minimum absolute atomic E-state index is 0.445. The standard InChI is InChI=1S/C18H21N7O2S2/c1-4-19-18(28)24-16-10-20-13-7-8-15(22-17(13)23-16)21-12-6-5-11(2)14(9-12)25-29(3,26)27/h5-10,25H,4H2,1-3H3,(H3,19,21,22,23,24,28). The first kappa shape index (κ1) is 20.7. The summed E-state index contributed by atoms with van der Waals surface area (Å²) in [5.41, 5.74) is 3.08. The Hall–Kier alpha value is -3.05. The first-order chi connectivity index (χ1) is 13.7. The first-order valence-corrected chi connectivity index (χ1v) is 11.1. The third-order valence-corrected chi connectivity index (χ3v) is 4.63. The number of aryl methyl sites for hydroxylation is 1. The topological polar surface area (TPSA) is 121 Å². The molecule has 0 spiro atoms. The Morgan fingerprint density at radius 3 is 2.62 bits per heavy atom. The molecule has 0 aliphatic heterocycles. The smallest absolute Gasteiger partial charge is 0.229 e. The summed E-state index contributed by atoms with van der Waals surface area (Å²) in [6.45, 7) is 4.47. The van der Waals surface area contributed by atoms with Crippen molar-refractivity contribution in [3.8, 4) is 0 Å². The van der Waals surface area contributed by atoms with Crippen LogP contribution in [0.5, 0.6) is 0 Å². The van der Waals surface area contributed by atoms with E-state index in [0.29, 0.717) is 45.8 Å². The van der Waals surface area contributed by atoms with Crippen molar-refractivity contribution in [3.05, 3.63) is 42.1 Å². The van der Waals surface area contributed by atoms with Gasteiger partial charge >= 0.3 is 0 Å². The Kier molecular flexibility index (Phi) is 6.09. The number of fused-ring (bicyclic) bond motifs is 1. The van der Waals surface area contributed by atoms with Gasteiger partial charge in [-0.3, -0.25) is 4.72 Å². The van der Waals surface area contributed by atoms with E-state index in [9.17, 15) is 8.42 Å². The van der Waals surface area contributed by atoms with Crippen molar-refractivity contribution < 1.29 is 8.42 Å². The Morgan fingerprint density at radius 2 is 1.90 bits per heavy atom. The van der Waals surface area contributed by atoms with Gasteiger partial charge in [0.2, 0.25) is 10.0 Å². The predicted molar refractivity (Wildman–Crippen MR) is 120 cm³/mol. The Balaban J connectivity index is 1.85. The molecule has 3 rings (SSSR count). The molecule has 0 aliphatic rings. The third kappa shape index (κ3) is 5.72. The molecule has 0 saturated heterocycles. The van der Waals surface area contributed by atoms with E-state index < -0.39 is 10.0 Å². The highest BCUT2D eigenvalue weighted by atomic mass is 32.2. The molecule has 1 aromatic carbocycles. The molecule has 0 atom stereocenters. The molecule has 0 bridgehead atoms. The van der Waals surface area contributed by atoms with Crippen LogP contribution in [0.25, 0.3) is 11.2 Å². The normalized spacial score (nSPS) is 11.1. The number of thiocarbonyl (C=S) groups is 1.